The third-order valence-electron chi connectivity index (χ3n) is 8.86. The Balaban J connectivity index is 1.28. The Morgan fingerprint density at radius 1 is 1.05 bits per heavy atom. The summed E-state index contributed by atoms with van der Waals surface area (Å²) in [6.45, 7) is 4.41. The molecule has 0 atom stereocenters. The number of rotatable bonds is 8. The van der Waals surface area contributed by atoms with Gasteiger partial charge in [-0.2, -0.15) is 0 Å². The van der Waals surface area contributed by atoms with Gasteiger partial charge < -0.3 is 25.8 Å². The molecule has 0 unspecified atom stereocenters. The summed E-state index contributed by atoms with van der Waals surface area (Å²) in [6, 6.07) is 20.3. The van der Waals surface area contributed by atoms with Gasteiger partial charge in [0.2, 0.25) is 5.91 Å². The van der Waals surface area contributed by atoms with Crippen molar-refractivity contribution in [2.24, 2.45) is 11.7 Å². The zero-order chi connectivity index (χ0) is 29.9. The number of hydrogen-bond acceptors (Lipinski definition) is 6. The van der Waals surface area contributed by atoms with Crippen LogP contribution < -0.4 is 11.1 Å². The Bertz CT molecular complexity index is 1390. The molecule has 8 nitrogen and oxygen atoms in total. The van der Waals surface area contributed by atoms with Crippen molar-refractivity contribution in [3.05, 3.63) is 72.4 Å². The first-order valence-electron chi connectivity index (χ1n) is 14.9. The van der Waals surface area contributed by atoms with Crippen LogP contribution in [0.3, 0.4) is 0 Å². The second-order valence-electron chi connectivity index (χ2n) is 12.3. The van der Waals surface area contributed by atoms with Crippen molar-refractivity contribution >= 4 is 17.7 Å². The molecule has 3 aromatic rings. The monoisotopic (exact) mass is 570 g/mol. The van der Waals surface area contributed by atoms with Crippen LogP contribution in [0, 0.1) is 5.92 Å². The highest BCUT2D eigenvalue weighted by Gasteiger charge is 2.49. The second-order valence-corrected chi connectivity index (χ2v) is 12.3. The summed E-state index contributed by atoms with van der Waals surface area (Å²) in [5, 5.41) is 13.3. The Morgan fingerprint density at radius 2 is 1.71 bits per heavy atom. The number of nitrogens with zero attached hydrogens (tertiary/aromatic N) is 2. The molecule has 1 heterocycles. The molecule has 0 bridgehead atoms. The highest BCUT2D eigenvalue weighted by Crippen LogP contribution is 2.46. The Kier molecular flexibility index (Phi) is 8.66. The largest absolute Gasteiger partial charge is 0.453 e. The van der Waals surface area contributed by atoms with Gasteiger partial charge in [0, 0.05) is 35.7 Å². The minimum absolute atomic E-state index is 0.0266. The molecule has 0 aliphatic heterocycles. The normalized spacial score (nSPS) is 25.3. The van der Waals surface area contributed by atoms with Crippen LogP contribution in [-0.2, 0) is 15.1 Å². The molecule has 2 fully saturated rings. The molecule has 8 heteroatoms. The molecular formula is C34H42N4O4. The van der Waals surface area contributed by atoms with Crippen LogP contribution in [0.25, 0.3) is 22.4 Å². The molecule has 2 amide bonds. The number of ether oxygens (including phenoxy) is 1. The van der Waals surface area contributed by atoms with Crippen molar-refractivity contribution in [2.75, 3.05) is 19.0 Å². The van der Waals surface area contributed by atoms with Gasteiger partial charge in [-0.3, -0.25) is 9.78 Å². The third-order valence-corrected chi connectivity index (χ3v) is 8.86. The van der Waals surface area contributed by atoms with E-state index in [1.807, 2.05) is 74.5 Å². The number of carbonyl (C=O) groups excluding carboxylic acids is 2. The molecular weight excluding hydrogens is 528 g/mol. The molecule has 0 saturated heterocycles. The van der Waals surface area contributed by atoms with Crippen LogP contribution in [0.1, 0.15) is 64.4 Å². The van der Waals surface area contributed by atoms with Crippen molar-refractivity contribution < 1.29 is 19.4 Å². The van der Waals surface area contributed by atoms with Crippen molar-refractivity contribution in [1.29, 1.82) is 0 Å². The molecule has 2 aliphatic carbocycles. The van der Waals surface area contributed by atoms with Gasteiger partial charge in [0.25, 0.3) is 0 Å². The summed E-state index contributed by atoms with van der Waals surface area (Å²) < 4.78 is 4.93. The van der Waals surface area contributed by atoms with E-state index < -0.39 is 11.1 Å². The second kappa shape index (κ2) is 12.2. The number of methoxy groups -OCH3 is 1. The van der Waals surface area contributed by atoms with E-state index in [4.69, 9.17) is 15.5 Å². The molecule has 222 valence electrons. The van der Waals surface area contributed by atoms with Gasteiger partial charge in [-0.15, -0.1) is 0 Å². The van der Waals surface area contributed by atoms with E-state index in [2.05, 4.69) is 5.32 Å². The molecule has 1 aromatic heterocycles. The molecule has 0 spiro atoms. The van der Waals surface area contributed by atoms with Crippen LogP contribution >= 0.6 is 0 Å². The van der Waals surface area contributed by atoms with Crippen molar-refractivity contribution in [2.45, 2.75) is 76.0 Å². The lowest BCUT2D eigenvalue weighted by atomic mass is 9.63. The number of benzene rings is 2. The minimum Gasteiger partial charge on any atom is -0.453 e. The van der Waals surface area contributed by atoms with Gasteiger partial charge in [0.15, 0.2) is 0 Å². The predicted molar refractivity (Wildman–Crippen MR) is 165 cm³/mol. The minimum atomic E-state index is -0.712. The van der Waals surface area contributed by atoms with E-state index in [9.17, 15) is 14.7 Å². The maximum Gasteiger partial charge on any atom is 0.409 e. The molecule has 2 saturated carbocycles. The van der Waals surface area contributed by atoms with Gasteiger partial charge in [-0.05, 0) is 75.5 Å². The van der Waals surface area contributed by atoms with Crippen LogP contribution in [0.5, 0.6) is 0 Å². The van der Waals surface area contributed by atoms with E-state index in [0.29, 0.717) is 31.5 Å². The highest BCUT2D eigenvalue weighted by molar-refractivity contribution is 5.93. The van der Waals surface area contributed by atoms with Crippen LogP contribution in [0.4, 0.5) is 10.5 Å². The summed E-state index contributed by atoms with van der Waals surface area (Å²) in [6.07, 6.45) is 6.49. The molecule has 2 aliphatic rings. The lowest BCUT2D eigenvalue weighted by molar-refractivity contribution is -0.117. The number of amides is 2. The maximum absolute atomic E-state index is 13.1. The molecule has 5 rings (SSSR count). The number of nitrogens with one attached hydrogen (secondary N) is 1. The van der Waals surface area contributed by atoms with Crippen molar-refractivity contribution in [3.63, 3.8) is 0 Å². The number of carbonyl (C=O) groups is 2. The first kappa shape index (κ1) is 29.7. The van der Waals surface area contributed by atoms with E-state index in [0.717, 1.165) is 53.6 Å². The number of aromatic nitrogens is 1. The van der Waals surface area contributed by atoms with Crippen LogP contribution in [-0.4, -0.2) is 52.3 Å². The fourth-order valence-electron chi connectivity index (χ4n) is 6.86. The van der Waals surface area contributed by atoms with E-state index in [-0.39, 0.29) is 24.0 Å². The zero-order valence-electron chi connectivity index (χ0n) is 24.8. The van der Waals surface area contributed by atoms with E-state index in [1.165, 1.54) is 7.11 Å². The number of anilines is 1. The molecule has 0 radical (unpaired) electrons. The fourth-order valence-corrected chi connectivity index (χ4v) is 6.86. The van der Waals surface area contributed by atoms with Crippen molar-refractivity contribution in [3.8, 4) is 22.4 Å². The number of aliphatic hydroxyl groups is 1. The topological polar surface area (TPSA) is 118 Å². The fraction of sp³-hybridized carbons (Fsp3) is 0.441. The Labute approximate surface area is 248 Å². The first-order valence-corrected chi connectivity index (χ1v) is 14.9. The van der Waals surface area contributed by atoms with Gasteiger partial charge in [0.1, 0.15) is 0 Å². The number of nitrogens with two attached hydrogens (primary N) is 1. The Hall–Kier alpha value is -3.75. The predicted octanol–water partition coefficient (Wildman–Crippen LogP) is 6.09. The van der Waals surface area contributed by atoms with E-state index in [1.54, 1.807) is 11.1 Å². The Morgan fingerprint density at radius 3 is 2.31 bits per heavy atom. The standard InChI is InChI=1S/C34H42N4O4/c1-4-38(32(40)42-3)28-16-10-23(11-17-28)18-30(39)37-27-19-29(24-8-6-5-7-9-24)31(36-20-27)25-12-14-26(15-13-25)34(35)21-33(2,41)22-34/h5-9,12-15,19-20,23,28,41H,4,10-11,16-18,21-22,35H2,1-3H3,(H,37,39)/t23-,28-,33-,34-. The number of pyridine rings is 1. The lowest BCUT2D eigenvalue weighted by Crippen LogP contribution is -2.58. The molecule has 4 N–H and O–H groups in total. The quantitative estimate of drug-likeness (QED) is 0.302. The summed E-state index contributed by atoms with van der Waals surface area (Å²) >= 11 is 0. The molecule has 42 heavy (non-hydrogen) atoms. The van der Waals surface area contributed by atoms with Gasteiger partial charge in [0.05, 0.1) is 30.3 Å². The van der Waals surface area contributed by atoms with Crippen LogP contribution in [0.15, 0.2) is 66.9 Å². The first-order chi connectivity index (χ1) is 20.1. The summed E-state index contributed by atoms with van der Waals surface area (Å²) in [4.78, 5) is 31.7. The van der Waals surface area contributed by atoms with Crippen molar-refractivity contribution in [1.82, 2.24) is 9.88 Å². The summed E-state index contributed by atoms with van der Waals surface area (Å²) in [7, 11) is 1.42. The highest BCUT2D eigenvalue weighted by atomic mass is 16.5. The summed E-state index contributed by atoms with van der Waals surface area (Å²) in [5.74, 6) is 0.253. The van der Waals surface area contributed by atoms with E-state index >= 15 is 0 Å². The SMILES string of the molecule is CCN(C(=O)OC)[C@H]1CC[C@H](CC(=O)Nc2cnc(-c3ccc([C@]4(N)C[C@](C)(O)C4)cc3)c(-c3ccccc3)c2)CC1. The smallest absolute Gasteiger partial charge is 0.409 e. The van der Waals surface area contributed by atoms with Gasteiger partial charge >= 0.3 is 6.09 Å². The number of hydrogen-bond donors (Lipinski definition) is 3. The van der Waals surface area contributed by atoms with Crippen LogP contribution in [0.2, 0.25) is 0 Å². The molecule has 2 aromatic carbocycles. The third kappa shape index (κ3) is 6.50. The lowest BCUT2D eigenvalue weighted by Gasteiger charge is -2.49. The van der Waals surface area contributed by atoms with Gasteiger partial charge in [-0.25, -0.2) is 4.79 Å². The average Bonchev–Trinajstić information content (AvgIpc) is 2.97. The summed E-state index contributed by atoms with van der Waals surface area (Å²) in [5.41, 5.74) is 10.7. The van der Waals surface area contributed by atoms with Gasteiger partial charge in [-0.1, -0.05) is 54.6 Å². The zero-order valence-corrected chi connectivity index (χ0v) is 24.8. The average molecular weight is 571 g/mol. The maximum atomic E-state index is 13.1.